The number of aliphatic hydroxyl groups is 1. The molecule has 3 nitrogen and oxygen atoms in total. The van der Waals surface area contributed by atoms with Crippen LogP contribution in [0.3, 0.4) is 0 Å². The average Bonchev–Trinajstić information content (AvgIpc) is 2.67. The van der Waals surface area contributed by atoms with Crippen LogP contribution >= 0.6 is 11.8 Å². The lowest BCUT2D eigenvalue weighted by atomic mass is 9.92. The van der Waals surface area contributed by atoms with Crippen molar-refractivity contribution in [1.29, 1.82) is 0 Å². The summed E-state index contributed by atoms with van der Waals surface area (Å²) >= 11 is 1.29. The Balaban J connectivity index is 1.87. The topological polar surface area (TPSA) is 46.5 Å². The Labute approximate surface area is 155 Å². The highest BCUT2D eigenvalue weighted by atomic mass is 32.2. The standard InChI is InChI=1S/C21H19FO3S/c1-25-20(23)21(24,14-26-18-11-9-17(22)10-12-18)13-16-7-4-6-15-5-2-3-8-19(15)16/h2-12,24H,13-14H2,1H3. The molecule has 1 N–H and O–H groups in total. The zero-order valence-electron chi connectivity index (χ0n) is 14.3. The molecule has 0 aliphatic heterocycles. The van der Waals surface area contributed by atoms with Gasteiger partial charge in [-0.1, -0.05) is 42.5 Å². The normalized spacial score (nSPS) is 13.3. The quantitative estimate of drug-likeness (QED) is 0.521. The smallest absolute Gasteiger partial charge is 0.339 e. The van der Waals surface area contributed by atoms with E-state index in [-0.39, 0.29) is 18.0 Å². The fourth-order valence-electron chi connectivity index (χ4n) is 2.87. The van der Waals surface area contributed by atoms with Crippen LogP contribution in [-0.2, 0) is 16.0 Å². The lowest BCUT2D eigenvalue weighted by Gasteiger charge is -2.25. The molecule has 0 aliphatic rings. The van der Waals surface area contributed by atoms with Gasteiger partial charge in [-0.25, -0.2) is 9.18 Å². The van der Waals surface area contributed by atoms with Gasteiger partial charge in [0.25, 0.3) is 0 Å². The molecular formula is C21H19FO3S. The minimum absolute atomic E-state index is 0.106. The van der Waals surface area contributed by atoms with Crippen LogP contribution in [0.25, 0.3) is 10.8 Å². The summed E-state index contributed by atoms with van der Waals surface area (Å²) in [5, 5.41) is 13.1. The van der Waals surface area contributed by atoms with Gasteiger partial charge >= 0.3 is 5.97 Å². The first kappa shape index (κ1) is 18.4. The highest BCUT2D eigenvalue weighted by molar-refractivity contribution is 7.99. The SMILES string of the molecule is COC(=O)C(O)(CSc1ccc(F)cc1)Cc1cccc2ccccc12. The summed E-state index contributed by atoms with van der Waals surface area (Å²) in [5.41, 5.74) is -0.812. The Kier molecular flexibility index (Phi) is 5.59. The van der Waals surface area contributed by atoms with E-state index in [1.807, 2.05) is 42.5 Å². The lowest BCUT2D eigenvalue weighted by Crippen LogP contribution is -2.44. The lowest BCUT2D eigenvalue weighted by molar-refractivity contribution is -0.159. The number of carbonyl (C=O) groups is 1. The molecule has 1 atom stereocenters. The third kappa shape index (κ3) is 4.06. The van der Waals surface area contributed by atoms with E-state index in [4.69, 9.17) is 4.74 Å². The third-order valence-corrected chi connectivity index (χ3v) is 5.45. The van der Waals surface area contributed by atoms with Crippen LogP contribution in [0.5, 0.6) is 0 Å². The van der Waals surface area contributed by atoms with Crippen molar-refractivity contribution in [2.45, 2.75) is 16.9 Å². The van der Waals surface area contributed by atoms with Crippen molar-refractivity contribution in [2.24, 2.45) is 0 Å². The Morgan fingerprint density at radius 1 is 1.08 bits per heavy atom. The molecule has 0 heterocycles. The number of thioether (sulfide) groups is 1. The fraction of sp³-hybridized carbons (Fsp3) is 0.190. The van der Waals surface area contributed by atoms with Crippen molar-refractivity contribution >= 4 is 28.5 Å². The third-order valence-electron chi connectivity index (χ3n) is 4.22. The Hall–Kier alpha value is -2.37. The van der Waals surface area contributed by atoms with E-state index in [0.29, 0.717) is 0 Å². The molecule has 0 amide bonds. The number of fused-ring (bicyclic) bond motifs is 1. The Bertz CT molecular complexity index is 905. The molecular weight excluding hydrogens is 351 g/mol. The fourth-order valence-corrected chi connectivity index (χ4v) is 3.82. The van der Waals surface area contributed by atoms with Gasteiger partial charge in [0.1, 0.15) is 5.82 Å². The number of rotatable bonds is 6. The highest BCUT2D eigenvalue weighted by Gasteiger charge is 2.38. The van der Waals surface area contributed by atoms with Crippen LogP contribution in [0.1, 0.15) is 5.56 Å². The van der Waals surface area contributed by atoms with Crippen molar-refractivity contribution in [3.05, 3.63) is 78.1 Å². The van der Waals surface area contributed by atoms with Gasteiger partial charge in [-0.2, -0.15) is 0 Å². The molecule has 0 spiro atoms. The van der Waals surface area contributed by atoms with Crippen molar-refractivity contribution in [2.75, 3.05) is 12.9 Å². The molecule has 3 rings (SSSR count). The summed E-state index contributed by atoms with van der Waals surface area (Å²) in [4.78, 5) is 13.1. The van der Waals surface area contributed by atoms with E-state index in [1.165, 1.54) is 31.0 Å². The maximum Gasteiger partial charge on any atom is 0.339 e. The number of benzene rings is 3. The van der Waals surface area contributed by atoms with E-state index >= 15 is 0 Å². The molecule has 3 aromatic carbocycles. The highest BCUT2D eigenvalue weighted by Crippen LogP contribution is 2.29. The summed E-state index contributed by atoms with van der Waals surface area (Å²) in [5.74, 6) is -0.900. The van der Waals surface area contributed by atoms with Crippen molar-refractivity contribution in [3.63, 3.8) is 0 Å². The van der Waals surface area contributed by atoms with Crippen LogP contribution in [0.4, 0.5) is 4.39 Å². The molecule has 0 saturated heterocycles. The maximum absolute atomic E-state index is 13.0. The first-order chi connectivity index (χ1) is 12.5. The molecule has 0 radical (unpaired) electrons. The van der Waals surface area contributed by atoms with Crippen molar-refractivity contribution < 1.29 is 19.0 Å². The molecule has 0 bridgehead atoms. The summed E-state index contributed by atoms with van der Waals surface area (Å²) < 4.78 is 17.9. The average molecular weight is 370 g/mol. The number of carbonyl (C=O) groups excluding carboxylic acids is 1. The molecule has 0 aromatic heterocycles. The van der Waals surface area contributed by atoms with Gasteiger partial charge in [0, 0.05) is 17.1 Å². The monoisotopic (exact) mass is 370 g/mol. The second kappa shape index (κ2) is 7.89. The molecule has 0 aliphatic carbocycles. The second-order valence-corrected chi connectivity index (χ2v) is 7.13. The largest absolute Gasteiger partial charge is 0.467 e. The van der Waals surface area contributed by atoms with Crippen molar-refractivity contribution in [1.82, 2.24) is 0 Å². The number of halogens is 1. The summed E-state index contributed by atoms with van der Waals surface area (Å²) in [6.45, 7) is 0. The number of methoxy groups -OCH3 is 1. The number of hydrogen-bond donors (Lipinski definition) is 1. The predicted molar refractivity (Wildman–Crippen MR) is 102 cm³/mol. The van der Waals surface area contributed by atoms with Crippen LogP contribution in [0.15, 0.2) is 71.6 Å². The summed E-state index contributed by atoms with van der Waals surface area (Å²) in [6.07, 6.45) is 0.134. The van der Waals surface area contributed by atoms with E-state index < -0.39 is 11.6 Å². The molecule has 26 heavy (non-hydrogen) atoms. The van der Waals surface area contributed by atoms with Gasteiger partial charge in [-0.3, -0.25) is 0 Å². The van der Waals surface area contributed by atoms with Crippen LogP contribution < -0.4 is 0 Å². The number of esters is 1. The van der Waals surface area contributed by atoms with E-state index in [2.05, 4.69) is 0 Å². The molecule has 1 unspecified atom stereocenters. The van der Waals surface area contributed by atoms with Crippen LogP contribution in [-0.4, -0.2) is 29.5 Å². The van der Waals surface area contributed by atoms with Gasteiger partial charge in [0.15, 0.2) is 5.60 Å². The first-order valence-corrected chi connectivity index (χ1v) is 9.16. The molecule has 3 aromatic rings. The Morgan fingerprint density at radius 2 is 1.77 bits per heavy atom. The van der Waals surface area contributed by atoms with Gasteiger partial charge in [0.2, 0.25) is 0 Å². The van der Waals surface area contributed by atoms with Gasteiger partial charge in [0.05, 0.1) is 7.11 Å². The molecule has 0 saturated carbocycles. The second-order valence-electron chi connectivity index (χ2n) is 6.08. The van der Waals surface area contributed by atoms with E-state index in [0.717, 1.165) is 21.2 Å². The van der Waals surface area contributed by atoms with Crippen molar-refractivity contribution in [3.8, 4) is 0 Å². The van der Waals surface area contributed by atoms with Crippen LogP contribution in [0.2, 0.25) is 0 Å². The number of ether oxygens (including phenoxy) is 1. The van der Waals surface area contributed by atoms with Gasteiger partial charge < -0.3 is 9.84 Å². The first-order valence-electron chi connectivity index (χ1n) is 8.18. The minimum atomic E-state index is -1.68. The van der Waals surface area contributed by atoms with Crippen LogP contribution in [0, 0.1) is 5.82 Å². The zero-order valence-corrected chi connectivity index (χ0v) is 15.1. The van der Waals surface area contributed by atoms with Gasteiger partial charge in [-0.05, 0) is 40.6 Å². The minimum Gasteiger partial charge on any atom is -0.467 e. The summed E-state index contributed by atoms with van der Waals surface area (Å²) in [7, 11) is 1.26. The maximum atomic E-state index is 13.0. The van der Waals surface area contributed by atoms with E-state index in [1.54, 1.807) is 12.1 Å². The molecule has 134 valence electrons. The zero-order chi connectivity index (χ0) is 18.6. The van der Waals surface area contributed by atoms with Gasteiger partial charge in [-0.15, -0.1) is 11.8 Å². The Morgan fingerprint density at radius 3 is 2.50 bits per heavy atom. The molecule has 0 fully saturated rings. The van der Waals surface area contributed by atoms with E-state index in [9.17, 15) is 14.3 Å². The summed E-state index contributed by atoms with van der Waals surface area (Å²) in [6, 6.07) is 19.6. The molecule has 5 heteroatoms. The predicted octanol–water partition coefficient (Wildman–Crippen LogP) is 4.22. The number of hydrogen-bond acceptors (Lipinski definition) is 4.